The summed E-state index contributed by atoms with van der Waals surface area (Å²) in [7, 11) is 1.62. The van der Waals surface area contributed by atoms with E-state index in [0.29, 0.717) is 18.9 Å². The minimum Gasteiger partial charge on any atom is -0.497 e. The Bertz CT molecular complexity index is 694. The van der Waals surface area contributed by atoms with Gasteiger partial charge in [0.25, 0.3) is 5.91 Å². The van der Waals surface area contributed by atoms with Gasteiger partial charge in [-0.05, 0) is 30.2 Å². The van der Waals surface area contributed by atoms with E-state index in [1.165, 1.54) is 0 Å². The number of carbonyl (C=O) groups excluding carboxylic acids is 1. The number of methoxy groups -OCH3 is 1. The van der Waals surface area contributed by atoms with Crippen molar-refractivity contribution in [1.29, 1.82) is 0 Å². The second kappa shape index (κ2) is 6.75. The number of fused-ring (bicyclic) bond motifs is 1. The fraction of sp³-hybridized carbons (Fsp3) is 0.353. The first kappa shape index (κ1) is 15.4. The van der Waals surface area contributed by atoms with E-state index in [1.807, 2.05) is 18.2 Å². The number of ether oxygens (including phenoxy) is 2. The summed E-state index contributed by atoms with van der Waals surface area (Å²) in [5.41, 5.74) is 1.11. The highest BCUT2D eigenvalue weighted by Gasteiger charge is 2.21. The van der Waals surface area contributed by atoms with E-state index in [4.69, 9.17) is 19.0 Å². The van der Waals surface area contributed by atoms with Crippen LogP contribution in [0.4, 0.5) is 0 Å². The average Bonchev–Trinajstić information content (AvgIpc) is 3.08. The van der Waals surface area contributed by atoms with Gasteiger partial charge in [-0.15, -0.1) is 0 Å². The third-order valence-electron chi connectivity index (χ3n) is 3.85. The normalized spacial score (nSPS) is 16.3. The van der Waals surface area contributed by atoms with Crippen LogP contribution in [0.15, 0.2) is 34.7 Å². The van der Waals surface area contributed by atoms with Gasteiger partial charge in [0.15, 0.2) is 5.76 Å². The van der Waals surface area contributed by atoms with Crippen molar-refractivity contribution in [3.63, 3.8) is 0 Å². The van der Waals surface area contributed by atoms with E-state index in [2.05, 4.69) is 5.32 Å². The van der Waals surface area contributed by atoms with E-state index >= 15 is 0 Å². The summed E-state index contributed by atoms with van der Waals surface area (Å²) < 4.78 is 16.1. The molecule has 0 aliphatic carbocycles. The molecule has 3 rings (SSSR count). The maximum absolute atomic E-state index is 12.0. The van der Waals surface area contributed by atoms with Crippen molar-refractivity contribution in [2.24, 2.45) is 5.92 Å². The van der Waals surface area contributed by atoms with Gasteiger partial charge in [0.05, 0.1) is 13.7 Å². The van der Waals surface area contributed by atoms with Crippen LogP contribution < -0.4 is 14.8 Å². The molecule has 6 heteroatoms. The number of rotatable bonds is 5. The lowest BCUT2D eigenvalue weighted by molar-refractivity contribution is 0.0906. The largest absolute Gasteiger partial charge is 0.497 e. The van der Waals surface area contributed by atoms with Crippen LogP contribution in [0.1, 0.15) is 21.9 Å². The van der Waals surface area contributed by atoms with Crippen molar-refractivity contribution in [2.45, 2.75) is 13.0 Å². The number of hydrogen-bond donors (Lipinski definition) is 2. The number of carbonyl (C=O) groups is 1. The van der Waals surface area contributed by atoms with Crippen molar-refractivity contribution in [2.75, 3.05) is 20.3 Å². The Kier molecular flexibility index (Phi) is 4.52. The van der Waals surface area contributed by atoms with E-state index < -0.39 is 0 Å². The Balaban J connectivity index is 1.56. The molecule has 2 aromatic rings. The summed E-state index contributed by atoms with van der Waals surface area (Å²) in [6.45, 7) is 0.823. The van der Waals surface area contributed by atoms with E-state index in [-0.39, 0.29) is 24.2 Å². The first-order valence-corrected chi connectivity index (χ1v) is 7.47. The molecule has 6 nitrogen and oxygen atoms in total. The smallest absolute Gasteiger partial charge is 0.287 e. The maximum Gasteiger partial charge on any atom is 0.287 e. The number of hydrogen-bond acceptors (Lipinski definition) is 5. The van der Waals surface area contributed by atoms with Crippen LogP contribution in [0.25, 0.3) is 0 Å². The lowest BCUT2D eigenvalue weighted by Crippen LogP contribution is -2.34. The lowest BCUT2D eigenvalue weighted by Gasteiger charge is -2.25. The van der Waals surface area contributed by atoms with E-state index in [1.54, 1.807) is 19.2 Å². The molecule has 0 bridgehead atoms. The number of amides is 1. The van der Waals surface area contributed by atoms with Crippen LogP contribution in [0.3, 0.4) is 0 Å². The molecule has 0 radical (unpaired) electrons. The first-order valence-electron chi connectivity index (χ1n) is 7.47. The van der Waals surface area contributed by atoms with Gasteiger partial charge in [0.1, 0.15) is 23.9 Å². The van der Waals surface area contributed by atoms with Crippen LogP contribution in [0, 0.1) is 5.92 Å². The summed E-state index contributed by atoms with van der Waals surface area (Å²) in [5.74, 6) is 2.10. The highest BCUT2D eigenvalue weighted by atomic mass is 16.5. The summed E-state index contributed by atoms with van der Waals surface area (Å²) >= 11 is 0. The highest BCUT2D eigenvalue weighted by molar-refractivity contribution is 5.91. The van der Waals surface area contributed by atoms with Crippen LogP contribution in [0.2, 0.25) is 0 Å². The molecule has 1 aromatic carbocycles. The quantitative estimate of drug-likeness (QED) is 0.878. The molecular formula is C17H19NO5. The molecule has 2 heterocycles. The van der Waals surface area contributed by atoms with Crippen molar-refractivity contribution >= 4 is 5.91 Å². The van der Waals surface area contributed by atoms with E-state index in [9.17, 15) is 4.79 Å². The van der Waals surface area contributed by atoms with Crippen molar-refractivity contribution < 1.29 is 23.8 Å². The molecular weight excluding hydrogens is 298 g/mol. The number of nitrogens with one attached hydrogen (secondary N) is 1. The van der Waals surface area contributed by atoms with Gasteiger partial charge in [-0.2, -0.15) is 0 Å². The summed E-state index contributed by atoms with van der Waals surface area (Å²) in [5, 5.41) is 11.8. The molecule has 122 valence electrons. The number of benzene rings is 1. The van der Waals surface area contributed by atoms with Crippen LogP contribution in [0.5, 0.6) is 11.5 Å². The number of furan rings is 1. The third-order valence-corrected chi connectivity index (χ3v) is 3.85. The Labute approximate surface area is 134 Å². The summed E-state index contributed by atoms with van der Waals surface area (Å²) in [6.07, 6.45) is 0.833. The minimum absolute atomic E-state index is 0.201. The zero-order chi connectivity index (χ0) is 16.2. The lowest BCUT2D eigenvalue weighted by atomic mass is 9.96. The van der Waals surface area contributed by atoms with Crippen LogP contribution >= 0.6 is 0 Å². The second-order valence-corrected chi connectivity index (χ2v) is 5.49. The molecule has 0 saturated carbocycles. The average molecular weight is 317 g/mol. The molecule has 1 aliphatic heterocycles. The fourth-order valence-corrected chi connectivity index (χ4v) is 2.58. The fourth-order valence-electron chi connectivity index (χ4n) is 2.58. The van der Waals surface area contributed by atoms with Gasteiger partial charge in [0, 0.05) is 18.5 Å². The zero-order valence-electron chi connectivity index (χ0n) is 12.9. The molecule has 1 amide bonds. The SMILES string of the molecule is COc1ccc2c(c1)OC[C@@H](CNC(=O)c1ccc(CO)o1)C2. The number of aliphatic hydroxyl groups is 1. The van der Waals surface area contributed by atoms with Crippen LogP contribution in [-0.2, 0) is 13.0 Å². The molecule has 0 saturated heterocycles. The van der Waals surface area contributed by atoms with Gasteiger partial charge in [-0.1, -0.05) is 6.07 Å². The topological polar surface area (TPSA) is 80.9 Å². The molecule has 0 unspecified atom stereocenters. The van der Waals surface area contributed by atoms with Crippen molar-refractivity contribution in [1.82, 2.24) is 5.32 Å². The minimum atomic E-state index is -0.287. The molecule has 1 aromatic heterocycles. The maximum atomic E-state index is 12.0. The second-order valence-electron chi connectivity index (χ2n) is 5.49. The van der Waals surface area contributed by atoms with Gasteiger partial charge in [-0.25, -0.2) is 0 Å². The monoisotopic (exact) mass is 317 g/mol. The predicted molar refractivity (Wildman–Crippen MR) is 82.6 cm³/mol. The predicted octanol–water partition coefficient (Wildman–Crippen LogP) is 1.76. The zero-order valence-corrected chi connectivity index (χ0v) is 12.9. The first-order chi connectivity index (χ1) is 11.2. The molecule has 23 heavy (non-hydrogen) atoms. The Hall–Kier alpha value is -2.47. The molecule has 1 aliphatic rings. The number of aliphatic hydroxyl groups excluding tert-OH is 1. The van der Waals surface area contributed by atoms with Gasteiger partial charge in [0.2, 0.25) is 0 Å². The van der Waals surface area contributed by atoms with E-state index in [0.717, 1.165) is 23.5 Å². The Morgan fingerprint density at radius 2 is 2.26 bits per heavy atom. The molecule has 2 N–H and O–H groups in total. The standard InChI is InChI=1S/C17H19NO5/c1-21-13-3-2-12-6-11(10-22-16(12)7-13)8-18-17(20)15-5-4-14(9-19)23-15/h2-5,7,11,19H,6,8-10H2,1H3,(H,18,20)/t11-/m1/s1. The summed E-state index contributed by atoms with van der Waals surface area (Å²) in [4.78, 5) is 12.0. The summed E-state index contributed by atoms with van der Waals surface area (Å²) in [6, 6.07) is 8.91. The molecule has 0 fully saturated rings. The van der Waals surface area contributed by atoms with Crippen molar-refractivity contribution in [3.05, 3.63) is 47.4 Å². The van der Waals surface area contributed by atoms with Gasteiger partial charge in [-0.3, -0.25) is 4.79 Å². The molecule has 0 spiro atoms. The van der Waals surface area contributed by atoms with Crippen LogP contribution in [-0.4, -0.2) is 31.3 Å². The Morgan fingerprint density at radius 1 is 1.39 bits per heavy atom. The molecule has 1 atom stereocenters. The Morgan fingerprint density at radius 3 is 3.00 bits per heavy atom. The van der Waals surface area contributed by atoms with Gasteiger partial charge >= 0.3 is 0 Å². The highest BCUT2D eigenvalue weighted by Crippen LogP contribution is 2.30. The van der Waals surface area contributed by atoms with Gasteiger partial charge < -0.3 is 24.3 Å². The third kappa shape index (κ3) is 3.48. The van der Waals surface area contributed by atoms with Crippen molar-refractivity contribution in [3.8, 4) is 11.5 Å².